The molecule has 0 bridgehead atoms. The summed E-state index contributed by atoms with van der Waals surface area (Å²) in [6.45, 7) is 4.98. The molecule has 1 atom stereocenters. The first-order chi connectivity index (χ1) is 9.99. The standard InChI is InChI=1S/C16H21N3O2/c1-4-12-5-7-14(8-6-12)17-16(21)19(3)11-13-9-15(20)18(2)10-13/h4-8,13H,1,9-11H2,2-3H3,(H,17,21)/t13-/m0/s1. The maximum absolute atomic E-state index is 12.1. The average Bonchev–Trinajstić information content (AvgIpc) is 2.78. The minimum absolute atomic E-state index is 0.147. The average molecular weight is 287 g/mol. The maximum Gasteiger partial charge on any atom is 0.321 e. The van der Waals surface area contributed by atoms with Crippen LogP contribution in [-0.2, 0) is 4.79 Å². The van der Waals surface area contributed by atoms with Gasteiger partial charge in [-0.05, 0) is 17.7 Å². The highest BCUT2D eigenvalue weighted by atomic mass is 16.2. The molecule has 0 aliphatic carbocycles. The molecule has 0 saturated carbocycles. The van der Waals surface area contributed by atoms with Crippen LogP contribution in [0.15, 0.2) is 30.8 Å². The summed E-state index contributed by atoms with van der Waals surface area (Å²) < 4.78 is 0. The molecule has 112 valence electrons. The first kappa shape index (κ1) is 15.1. The summed E-state index contributed by atoms with van der Waals surface area (Å²) in [5, 5.41) is 2.84. The predicted octanol–water partition coefficient (Wildman–Crippen LogP) is 2.27. The van der Waals surface area contributed by atoms with Gasteiger partial charge in [0, 0.05) is 45.2 Å². The number of carbonyl (C=O) groups excluding carboxylic acids is 2. The fourth-order valence-corrected chi connectivity index (χ4v) is 2.47. The lowest BCUT2D eigenvalue weighted by Gasteiger charge is -2.21. The number of hydrogen-bond acceptors (Lipinski definition) is 2. The fraction of sp³-hybridized carbons (Fsp3) is 0.375. The van der Waals surface area contributed by atoms with Crippen LogP contribution < -0.4 is 5.32 Å². The van der Waals surface area contributed by atoms with Crippen LogP contribution in [0.25, 0.3) is 6.08 Å². The summed E-state index contributed by atoms with van der Waals surface area (Å²) in [4.78, 5) is 26.9. The molecule has 1 aromatic carbocycles. The number of anilines is 1. The summed E-state index contributed by atoms with van der Waals surface area (Å²) in [5.74, 6) is 0.357. The van der Waals surface area contributed by atoms with Crippen LogP contribution in [0, 0.1) is 5.92 Å². The van der Waals surface area contributed by atoms with Gasteiger partial charge in [0.05, 0.1) is 0 Å². The van der Waals surface area contributed by atoms with Gasteiger partial charge in [-0.2, -0.15) is 0 Å². The van der Waals surface area contributed by atoms with Crippen molar-refractivity contribution < 1.29 is 9.59 Å². The molecule has 0 unspecified atom stereocenters. The van der Waals surface area contributed by atoms with E-state index in [4.69, 9.17) is 0 Å². The molecule has 1 aromatic rings. The molecule has 0 spiro atoms. The van der Waals surface area contributed by atoms with Crippen molar-refractivity contribution >= 4 is 23.7 Å². The first-order valence-corrected chi connectivity index (χ1v) is 6.98. The normalized spacial score (nSPS) is 17.7. The summed E-state index contributed by atoms with van der Waals surface area (Å²) >= 11 is 0. The Kier molecular flexibility index (Phi) is 4.62. The van der Waals surface area contributed by atoms with Crippen molar-refractivity contribution in [3.8, 4) is 0 Å². The summed E-state index contributed by atoms with van der Waals surface area (Å²) in [5.41, 5.74) is 1.76. The topological polar surface area (TPSA) is 52.7 Å². The molecule has 21 heavy (non-hydrogen) atoms. The molecule has 3 amide bonds. The number of rotatable bonds is 4. The highest BCUT2D eigenvalue weighted by Crippen LogP contribution is 2.17. The fourth-order valence-electron chi connectivity index (χ4n) is 2.47. The van der Waals surface area contributed by atoms with Crippen molar-refractivity contribution in [1.29, 1.82) is 0 Å². The van der Waals surface area contributed by atoms with Crippen molar-refractivity contribution in [2.45, 2.75) is 6.42 Å². The second-order valence-corrected chi connectivity index (χ2v) is 5.48. The Labute approximate surface area is 125 Å². The number of nitrogens with one attached hydrogen (secondary N) is 1. The Hall–Kier alpha value is -2.30. The number of carbonyl (C=O) groups is 2. The molecular weight excluding hydrogens is 266 g/mol. The number of benzene rings is 1. The summed E-state index contributed by atoms with van der Waals surface area (Å²) in [6.07, 6.45) is 2.27. The largest absolute Gasteiger partial charge is 0.345 e. The Bertz CT molecular complexity index is 539. The lowest BCUT2D eigenvalue weighted by Crippen LogP contribution is -2.35. The SMILES string of the molecule is C=Cc1ccc(NC(=O)N(C)C[C@H]2CC(=O)N(C)C2)cc1. The Morgan fingerprint density at radius 1 is 1.48 bits per heavy atom. The van der Waals surface area contributed by atoms with Crippen LogP contribution in [0.1, 0.15) is 12.0 Å². The van der Waals surface area contributed by atoms with Gasteiger partial charge in [0.25, 0.3) is 0 Å². The Morgan fingerprint density at radius 2 is 2.14 bits per heavy atom. The van der Waals surface area contributed by atoms with E-state index in [2.05, 4.69) is 11.9 Å². The first-order valence-electron chi connectivity index (χ1n) is 6.98. The van der Waals surface area contributed by atoms with Gasteiger partial charge in [-0.15, -0.1) is 0 Å². The lowest BCUT2D eigenvalue weighted by molar-refractivity contribution is -0.126. The van der Waals surface area contributed by atoms with Gasteiger partial charge in [0.2, 0.25) is 5.91 Å². The number of nitrogens with zero attached hydrogens (tertiary/aromatic N) is 2. The van der Waals surface area contributed by atoms with Crippen LogP contribution in [0.5, 0.6) is 0 Å². The maximum atomic E-state index is 12.1. The Balaban J connectivity index is 1.87. The van der Waals surface area contributed by atoms with E-state index in [0.717, 1.165) is 11.3 Å². The van der Waals surface area contributed by atoms with E-state index in [9.17, 15) is 9.59 Å². The zero-order chi connectivity index (χ0) is 15.4. The molecule has 1 aliphatic heterocycles. The molecule has 2 rings (SSSR count). The zero-order valence-electron chi connectivity index (χ0n) is 12.5. The van der Waals surface area contributed by atoms with Crippen LogP contribution in [0.4, 0.5) is 10.5 Å². The van der Waals surface area contributed by atoms with E-state index < -0.39 is 0 Å². The zero-order valence-corrected chi connectivity index (χ0v) is 12.5. The second-order valence-electron chi connectivity index (χ2n) is 5.48. The highest BCUT2D eigenvalue weighted by molar-refractivity contribution is 5.89. The van der Waals surface area contributed by atoms with Gasteiger partial charge in [0.1, 0.15) is 0 Å². The van der Waals surface area contributed by atoms with Crippen LogP contribution in [0.2, 0.25) is 0 Å². The third-order valence-corrected chi connectivity index (χ3v) is 3.70. The molecule has 5 nitrogen and oxygen atoms in total. The lowest BCUT2D eigenvalue weighted by atomic mass is 10.1. The van der Waals surface area contributed by atoms with E-state index in [1.807, 2.05) is 24.3 Å². The predicted molar refractivity (Wildman–Crippen MR) is 83.9 cm³/mol. The van der Waals surface area contributed by atoms with E-state index in [1.54, 1.807) is 30.0 Å². The van der Waals surface area contributed by atoms with Gasteiger partial charge in [0.15, 0.2) is 0 Å². The van der Waals surface area contributed by atoms with E-state index in [-0.39, 0.29) is 17.9 Å². The minimum Gasteiger partial charge on any atom is -0.345 e. The van der Waals surface area contributed by atoms with E-state index >= 15 is 0 Å². The van der Waals surface area contributed by atoms with E-state index in [0.29, 0.717) is 19.5 Å². The second kappa shape index (κ2) is 6.43. The smallest absolute Gasteiger partial charge is 0.321 e. The number of hydrogen-bond donors (Lipinski definition) is 1. The summed E-state index contributed by atoms with van der Waals surface area (Å²) in [6, 6.07) is 7.31. The van der Waals surface area contributed by atoms with Gasteiger partial charge in [-0.1, -0.05) is 24.8 Å². The molecule has 1 saturated heterocycles. The van der Waals surface area contributed by atoms with Crippen LogP contribution in [-0.4, -0.2) is 48.9 Å². The van der Waals surface area contributed by atoms with Crippen molar-refractivity contribution in [2.24, 2.45) is 5.92 Å². The van der Waals surface area contributed by atoms with Crippen molar-refractivity contribution in [1.82, 2.24) is 9.80 Å². The van der Waals surface area contributed by atoms with Gasteiger partial charge < -0.3 is 15.1 Å². The third-order valence-electron chi connectivity index (χ3n) is 3.70. The number of amides is 3. The van der Waals surface area contributed by atoms with E-state index in [1.165, 1.54) is 0 Å². The third kappa shape index (κ3) is 3.84. The van der Waals surface area contributed by atoms with Crippen molar-refractivity contribution in [3.05, 3.63) is 36.4 Å². The van der Waals surface area contributed by atoms with Crippen LogP contribution in [0.3, 0.4) is 0 Å². The van der Waals surface area contributed by atoms with Crippen LogP contribution >= 0.6 is 0 Å². The number of urea groups is 1. The quantitative estimate of drug-likeness (QED) is 0.923. The molecule has 1 fully saturated rings. The molecule has 1 heterocycles. The summed E-state index contributed by atoms with van der Waals surface area (Å²) in [7, 11) is 3.54. The molecule has 0 aromatic heterocycles. The number of likely N-dealkylation sites (tertiary alicyclic amines) is 1. The molecule has 0 radical (unpaired) electrons. The van der Waals surface area contributed by atoms with Gasteiger partial charge in [-0.3, -0.25) is 4.79 Å². The molecule has 5 heteroatoms. The highest BCUT2D eigenvalue weighted by Gasteiger charge is 2.28. The monoisotopic (exact) mass is 287 g/mol. The van der Waals surface area contributed by atoms with Gasteiger partial charge in [-0.25, -0.2) is 4.79 Å². The Morgan fingerprint density at radius 3 is 2.67 bits per heavy atom. The minimum atomic E-state index is -0.164. The molecule has 1 N–H and O–H groups in total. The molecule has 1 aliphatic rings. The van der Waals surface area contributed by atoms with Crippen molar-refractivity contribution in [2.75, 3.05) is 32.5 Å². The molecular formula is C16H21N3O2. The van der Waals surface area contributed by atoms with Crippen molar-refractivity contribution in [3.63, 3.8) is 0 Å². The van der Waals surface area contributed by atoms with Gasteiger partial charge >= 0.3 is 6.03 Å².